The molecule has 1 rings (SSSR count). The predicted molar refractivity (Wildman–Crippen MR) is 74.9 cm³/mol. The second-order valence-electron chi connectivity index (χ2n) is 4.63. The minimum Gasteiger partial charge on any atom is -0.497 e. The fourth-order valence-electron chi connectivity index (χ4n) is 1.43. The third-order valence-electron chi connectivity index (χ3n) is 2.49. The van der Waals surface area contributed by atoms with E-state index >= 15 is 0 Å². The molecule has 0 spiro atoms. The Morgan fingerprint density at radius 2 is 1.94 bits per heavy atom. The molecule has 0 aliphatic heterocycles. The van der Waals surface area contributed by atoms with Crippen LogP contribution in [0.25, 0.3) is 0 Å². The second kappa shape index (κ2) is 7.90. The van der Waals surface area contributed by atoms with Crippen molar-refractivity contribution in [2.45, 2.75) is 26.5 Å². The fraction of sp³-hybridized carbons (Fsp3) is 0.467. The number of nitrogens with one attached hydrogen (secondary N) is 1. The van der Waals surface area contributed by atoms with Crippen LogP contribution in [0.4, 0.5) is 0 Å². The van der Waals surface area contributed by atoms with E-state index < -0.39 is 0 Å². The van der Waals surface area contributed by atoms with Gasteiger partial charge in [0.25, 0.3) is 0 Å². The maximum atomic E-state index is 5.61. The van der Waals surface area contributed by atoms with Crippen molar-refractivity contribution in [3.63, 3.8) is 0 Å². The van der Waals surface area contributed by atoms with Crippen molar-refractivity contribution in [1.29, 1.82) is 0 Å². The van der Waals surface area contributed by atoms with Gasteiger partial charge >= 0.3 is 0 Å². The molecule has 0 bridgehead atoms. The summed E-state index contributed by atoms with van der Waals surface area (Å²) >= 11 is 0. The van der Waals surface area contributed by atoms with Gasteiger partial charge in [-0.25, -0.2) is 0 Å². The topological polar surface area (TPSA) is 30.5 Å². The van der Waals surface area contributed by atoms with Crippen LogP contribution in [0.5, 0.6) is 5.75 Å². The normalized spacial score (nSPS) is 10.7. The lowest BCUT2D eigenvalue weighted by Gasteiger charge is -2.11. The van der Waals surface area contributed by atoms with Crippen molar-refractivity contribution in [2.24, 2.45) is 0 Å². The van der Waals surface area contributed by atoms with Gasteiger partial charge in [-0.15, -0.1) is 0 Å². The molecule has 0 aliphatic rings. The summed E-state index contributed by atoms with van der Waals surface area (Å²) in [5.41, 5.74) is 2.21. The van der Waals surface area contributed by atoms with E-state index in [9.17, 15) is 0 Å². The van der Waals surface area contributed by atoms with Gasteiger partial charge in [0.1, 0.15) is 5.75 Å². The lowest BCUT2D eigenvalue weighted by Crippen LogP contribution is -2.25. The molecule has 18 heavy (non-hydrogen) atoms. The zero-order valence-electron chi connectivity index (χ0n) is 11.5. The standard InChI is InChI=1S/C15H23NO2/c1-12(2)16-9-13(3)10-18-11-14-5-7-15(17-4)8-6-14/h5-8,12,16H,3,9-11H2,1-2,4H3. The molecule has 0 amide bonds. The van der Waals surface area contributed by atoms with Crippen LogP contribution in [-0.4, -0.2) is 26.3 Å². The first-order valence-corrected chi connectivity index (χ1v) is 6.22. The zero-order chi connectivity index (χ0) is 13.4. The van der Waals surface area contributed by atoms with Crippen molar-refractivity contribution in [3.05, 3.63) is 42.0 Å². The summed E-state index contributed by atoms with van der Waals surface area (Å²) in [7, 11) is 1.66. The van der Waals surface area contributed by atoms with Gasteiger partial charge < -0.3 is 14.8 Å². The first-order valence-electron chi connectivity index (χ1n) is 6.22. The molecule has 0 heterocycles. The van der Waals surface area contributed by atoms with Gasteiger partial charge in [0.2, 0.25) is 0 Å². The van der Waals surface area contributed by atoms with Crippen LogP contribution in [0.3, 0.4) is 0 Å². The predicted octanol–water partition coefficient (Wildman–Crippen LogP) is 2.77. The van der Waals surface area contributed by atoms with E-state index in [0.29, 0.717) is 19.3 Å². The van der Waals surface area contributed by atoms with E-state index in [1.54, 1.807) is 7.11 Å². The number of benzene rings is 1. The van der Waals surface area contributed by atoms with E-state index in [-0.39, 0.29) is 0 Å². The van der Waals surface area contributed by atoms with Crippen LogP contribution in [-0.2, 0) is 11.3 Å². The van der Waals surface area contributed by atoms with E-state index in [1.807, 2.05) is 24.3 Å². The average molecular weight is 249 g/mol. The lowest BCUT2D eigenvalue weighted by atomic mass is 10.2. The van der Waals surface area contributed by atoms with Gasteiger partial charge in [0.05, 0.1) is 20.3 Å². The highest BCUT2D eigenvalue weighted by Gasteiger charge is 1.98. The monoisotopic (exact) mass is 249 g/mol. The first-order chi connectivity index (χ1) is 8.61. The third-order valence-corrected chi connectivity index (χ3v) is 2.49. The maximum Gasteiger partial charge on any atom is 0.118 e. The van der Waals surface area contributed by atoms with E-state index in [4.69, 9.17) is 9.47 Å². The average Bonchev–Trinajstić information content (AvgIpc) is 2.37. The molecule has 0 aromatic heterocycles. The minimum atomic E-state index is 0.475. The number of rotatable bonds is 8. The molecular formula is C15H23NO2. The van der Waals surface area contributed by atoms with Crippen molar-refractivity contribution in [1.82, 2.24) is 5.32 Å². The number of ether oxygens (including phenoxy) is 2. The Balaban J connectivity index is 2.22. The van der Waals surface area contributed by atoms with Crippen molar-refractivity contribution >= 4 is 0 Å². The Kier molecular flexibility index (Phi) is 6.47. The van der Waals surface area contributed by atoms with Crippen molar-refractivity contribution in [3.8, 4) is 5.75 Å². The Hall–Kier alpha value is -1.32. The number of methoxy groups -OCH3 is 1. The van der Waals surface area contributed by atoms with Gasteiger partial charge in [-0.05, 0) is 23.3 Å². The summed E-state index contributed by atoms with van der Waals surface area (Å²) in [5, 5.41) is 3.31. The highest BCUT2D eigenvalue weighted by Crippen LogP contribution is 2.12. The molecule has 0 saturated carbocycles. The molecule has 0 fully saturated rings. The Morgan fingerprint density at radius 3 is 2.50 bits per heavy atom. The smallest absolute Gasteiger partial charge is 0.118 e. The van der Waals surface area contributed by atoms with Crippen LogP contribution in [0.15, 0.2) is 36.4 Å². The molecule has 0 unspecified atom stereocenters. The van der Waals surface area contributed by atoms with Crippen LogP contribution in [0.1, 0.15) is 19.4 Å². The van der Waals surface area contributed by atoms with Crippen LogP contribution >= 0.6 is 0 Å². The fourth-order valence-corrected chi connectivity index (χ4v) is 1.43. The van der Waals surface area contributed by atoms with E-state index in [2.05, 4.69) is 25.7 Å². The van der Waals surface area contributed by atoms with Crippen molar-refractivity contribution < 1.29 is 9.47 Å². The summed E-state index contributed by atoms with van der Waals surface area (Å²) in [6, 6.07) is 8.37. The Labute approximate surface area is 110 Å². The number of hydrogen-bond acceptors (Lipinski definition) is 3. The summed E-state index contributed by atoms with van der Waals surface area (Å²) in [6.07, 6.45) is 0. The van der Waals surface area contributed by atoms with Gasteiger partial charge in [0.15, 0.2) is 0 Å². The minimum absolute atomic E-state index is 0.475. The second-order valence-corrected chi connectivity index (χ2v) is 4.63. The molecule has 3 heteroatoms. The quantitative estimate of drug-likeness (QED) is 0.719. The first kappa shape index (κ1) is 14.7. The molecule has 100 valence electrons. The molecule has 1 aromatic rings. The van der Waals surface area contributed by atoms with Gasteiger partial charge in [-0.1, -0.05) is 32.6 Å². The summed E-state index contributed by atoms with van der Waals surface area (Å²) in [6.45, 7) is 10.2. The highest BCUT2D eigenvalue weighted by molar-refractivity contribution is 5.26. The Morgan fingerprint density at radius 1 is 1.28 bits per heavy atom. The third kappa shape index (κ3) is 5.84. The molecule has 0 radical (unpaired) electrons. The van der Waals surface area contributed by atoms with Crippen molar-refractivity contribution in [2.75, 3.05) is 20.3 Å². The molecule has 0 aliphatic carbocycles. The number of hydrogen-bond donors (Lipinski definition) is 1. The van der Waals surface area contributed by atoms with Crippen LogP contribution in [0, 0.1) is 0 Å². The highest BCUT2D eigenvalue weighted by atomic mass is 16.5. The van der Waals surface area contributed by atoms with Gasteiger partial charge in [-0.2, -0.15) is 0 Å². The molecular weight excluding hydrogens is 226 g/mol. The van der Waals surface area contributed by atoms with Crippen LogP contribution < -0.4 is 10.1 Å². The zero-order valence-corrected chi connectivity index (χ0v) is 11.5. The molecule has 3 nitrogen and oxygen atoms in total. The summed E-state index contributed by atoms with van der Waals surface area (Å²) < 4.78 is 10.7. The molecule has 0 atom stereocenters. The summed E-state index contributed by atoms with van der Waals surface area (Å²) in [5.74, 6) is 0.865. The van der Waals surface area contributed by atoms with E-state index in [0.717, 1.165) is 23.4 Å². The SMILES string of the molecule is C=C(CNC(C)C)COCc1ccc(OC)cc1. The largest absolute Gasteiger partial charge is 0.497 e. The molecule has 1 aromatic carbocycles. The lowest BCUT2D eigenvalue weighted by molar-refractivity contribution is 0.141. The van der Waals surface area contributed by atoms with Gasteiger partial charge in [-0.3, -0.25) is 0 Å². The van der Waals surface area contributed by atoms with Gasteiger partial charge in [0, 0.05) is 12.6 Å². The van der Waals surface area contributed by atoms with E-state index in [1.165, 1.54) is 0 Å². The maximum absolute atomic E-state index is 5.61. The summed E-state index contributed by atoms with van der Waals surface area (Å²) in [4.78, 5) is 0. The van der Waals surface area contributed by atoms with Crippen LogP contribution in [0.2, 0.25) is 0 Å². The molecule has 1 N–H and O–H groups in total. The molecule has 0 saturated heterocycles. The Bertz CT molecular complexity index is 357.